The predicted molar refractivity (Wildman–Crippen MR) is 122 cm³/mol. The summed E-state index contributed by atoms with van der Waals surface area (Å²) >= 11 is 8.64. The van der Waals surface area contributed by atoms with E-state index < -0.39 is 24.3 Å². The van der Waals surface area contributed by atoms with Gasteiger partial charge in [0.15, 0.2) is 15.5 Å². The van der Waals surface area contributed by atoms with Crippen molar-refractivity contribution in [3.05, 3.63) is 32.6 Å². The van der Waals surface area contributed by atoms with Gasteiger partial charge in [0.1, 0.15) is 6.54 Å². The zero-order chi connectivity index (χ0) is 23.2. The lowest BCUT2D eigenvalue weighted by Gasteiger charge is -2.43. The number of likely N-dealkylation sites (tertiary alicyclic amines) is 1. The highest BCUT2D eigenvalue weighted by atomic mass is 32.2. The molecule has 0 spiro atoms. The van der Waals surface area contributed by atoms with Crippen LogP contribution in [0.25, 0.3) is 0 Å². The lowest BCUT2D eigenvalue weighted by atomic mass is 9.68. The van der Waals surface area contributed by atoms with Gasteiger partial charge in [0.2, 0.25) is 11.8 Å². The average Bonchev–Trinajstić information content (AvgIpc) is 3.49. The molecule has 6 rings (SSSR count). The molecule has 3 N–H and O–H groups in total. The van der Waals surface area contributed by atoms with Crippen LogP contribution in [0.3, 0.4) is 0 Å². The van der Waals surface area contributed by atoms with Gasteiger partial charge in [-0.15, -0.1) is 23.1 Å². The number of imide groups is 1. The summed E-state index contributed by atoms with van der Waals surface area (Å²) in [5.74, 6) is -2.44. The first-order valence-electron chi connectivity index (χ1n) is 10.6. The van der Waals surface area contributed by atoms with E-state index in [9.17, 15) is 24.6 Å². The molecule has 2 aliphatic heterocycles. The smallest absolute Gasteiger partial charge is 0.323 e. The third-order valence-electron chi connectivity index (χ3n) is 7.67. The molecule has 3 heterocycles. The van der Waals surface area contributed by atoms with Crippen molar-refractivity contribution in [2.75, 3.05) is 13.7 Å². The van der Waals surface area contributed by atoms with Crippen LogP contribution in [0.2, 0.25) is 0 Å². The van der Waals surface area contributed by atoms with Crippen LogP contribution in [0.1, 0.15) is 22.8 Å². The lowest BCUT2D eigenvalue weighted by molar-refractivity contribution is -0.149. The maximum atomic E-state index is 13.2. The van der Waals surface area contributed by atoms with E-state index in [0.29, 0.717) is 9.70 Å². The number of rotatable bonds is 4. The number of hydrogen-bond acceptors (Lipinski definition) is 8. The summed E-state index contributed by atoms with van der Waals surface area (Å²) in [4.78, 5) is 42.8. The van der Waals surface area contributed by atoms with Gasteiger partial charge >= 0.3 is 5.97 Å². The van der Waals surface area contributed by atoms with Gasteiger partial charge in [0.25, 0.3) is 0 Å². The number of carboxylic acid groups (broad SMARTS) is 1. The first-order valence-corrected chi connectivity index (χ1v) is 12.7. The van der Waals surface area contributed by atoms with Gasteiger partial charge in [-0.3, -0.25) is 19.3 Å². The zero-order valence-corrected chi connectivity index (χ0v) is 19.8. The number of ether oxygens (including phenoxy) is 1. The molecule has 33 heavy (non-hydrogen) atoms. The molecule has 1 aromatic heterocycles. The van der Waals surface area contributed by atoms with Crippen LogP contribution in [0.4, 0.5) is 0 Å². The summed E-state index contributed by atoms with van der Waals surface area (Å²) < 4.78 is 5.88. The number of carbonyl (C=O) groups excluding carboxylic acids is 2. The Kier molecular flexibility index (Phi) is 4.69. The number of H-pyrrole nitrogens is 1. The standard InChI is InChI=1S/C22H20N2O6S3/c1-30-11-3-2-7(4-10(11)25)13-14-8-5-9(17(14)32-19-18(13)33-22(31)23-19)16-15(8)20(28)24(21(16)29)6-12(26)27/h2-4,8-9,13-17,25H,5-6H2,1H3,(H,23,31)(H,26,27). The Morgan fingerprint density at radius 1 is 1.27 bits per heavy atom. The lowest BCUT2D eigenvalue weighted by Crippen LogP contribution is -2.42. The number of amides is 2. The van der Waals surface area contributed by atoms with E-state index in [-0.39, 0.29) is 46.5 Å². The van der Waals surface area contributed by atoms with Crippen LogP contribution in [0.15, 0.2) is 23.2 Å². The van der Waals surface area contributed by atoms with Gasteiger partial charge in [-0.1, -0.05) is 6.07 Å². The summed E-state index contributed by atoms with van der Waals surface area (Å²) in [7, 11) is 1.50. The van der Waals surface area contributed by atoms with Crippen molar-refractivity contribution >= 4 is 53.1 Å². The Hall–Kier alpha value is -2.37. The van der Waals surface area contributed by atoms with Crippen LogP contribution in [0, 0.1) is 33.5 Å². The Morgan fingerprint density at radius 3 is 2.67 bits per heavy atom. The number of thiazole rings is 1. The van der Waals surface area contributed by atoms with E-state index in [4.69, 9.17) is 17.0 Å². The molecule has 2 aromatic rings. The number of hydrogen-bond donors (Lipinski definition) is 3. The number of carboxylic acids is 1. The fraction of sp³-hybridized carbons (Fsp3) is 0.455. The molecule has 11 heteroatoms. The van der Waals surface area contributed by atoms with Crippen molar-refractivity contribution in [3.8, 4) is 11.5 Å². The molecule has 2 saturated carbocycles. The number of phenols is 1. The third-order valence-corrected chi connectivity index (χ3v) is 10.6. The van der Waals surface area contributed by atoms with Gasteiger partial charge < -0.3 is 19.9 Å². The van der Waals surface area contributed by atoms with E-state index in [1.54, 1.807) is 23.9 Å². The van der Waals surface area contributed by atoms with Crippen molar-refractivity contribution < 1.29 is 29.3 Å². The second kappa shape index (κ2) is 7.31. The normalized spacial score (nSPS) is 33.7. The van der Waals surface area contributed by atoms with E-state index in [1.165, 1.54) is 18.4 Å². The number of benzene rings is 1. The number of aromatic amines is 1. The Balaban J connectivity index is 1.45. The summed E-state index contributed by atoms with van der Waals surface area (Å²) in [5, 5.41) is 20.8. The number of nitrogens with zero attached hydrogens (tertiary/aromatic N) is 1. The van der Waals surface area contributed by atoms with Gasteiger partial charge in [0, 0.05) is 16.0 Å². The van der Waals surface area contributed by atoms with Crippen LogP contribution in [-0.2, 0) is 14.4 Å². The molecule has 3 fully saturated rings. The summed E-state index contributed by atoms with van der Waals surface area (Å²) in [5.41, 5.74) is 0.915. The summed E-state index contributed by atoms with van der Waals surface area (Å²) in [6, 6.07) is 5.39. The molecule has 4 aliphatic rings. The second-order valence-corrected chi connectivity index (χ2v) is 12.0. The SMILES string of the molecule is COc1ccc(C2c3sc(=S)[nH]c3SC3C4CC(C5C(=O)N(CC(=O)O)C(=O)C45)C23)cc1O. The number of aromatic nitrogens is 1. The fourth-order valence-electron chi connectivity index (χ4n) is 6.64. The minimum atomic E-state index is -1.18. The molecule has 2 bridgehead atoms. The van der Waals surface area contributed by atoms with Gasteiger partial charge in [0.05, 0.1) is 24.0 Å². The molecule has 172 valence electrons. The van der Waals surface area contributed by atoms with Crippen LogP contribution >= 0.6 is 35.3 Å². The van der Waals surface area contributed by atoms with E-state index in [1.807, 2.05) is 6.07 Å². The maximum Gasteiger partial charge on any atom is 0.323 e. The maximum absolute atomic E-state index is 13.2. The van der Waals surface area contributed by atoms with Crippen molar-refractivity contribution in [1.29, 1.82) is 0 Å². The van der Waals surface area contributed by atoms with Crippen LogP contribution in [0.5, 0.6) is 11.5 Å². The van der Waals surface area contributed by atoms with Crippen molar-refractivity contribution in [2.45, 2.75) is 22.6 Å². The quantitative estimate of drug-likeness (QED) is 0.429. The molecular formula is C22H20N2O6S3. The summed E-state index contributed by atoms with van der Waals surface area (Å²) in [6.45, 7) is -0.581. The first-order chi connectivity index (χ1) is 15.8. The predicted octanol–water partition coefficient (Wildman–Crippen LogP) is 3.08. The number of aliphatic carboxylic acids is 1. The number of nitrogens with one attached hydrogen (secondary N) is 1. The van der Waals surface area contributed by atoms with Crippen molar-refractivity contribution in [2.24, 2.45) is 29.6 Å². The number of aromatic hydroxyl groups is 1. The molecule has 7 unspecified atom stereocenters. The molecule has 1 aromatic carbocycles. The van der Waals surface area contributed by atoms with E-state index >= 15 is 0 Å². The topological polar surface area (TPSA) is 120 Å². The first kappa shape index (κ1) is 21.2. The highest BCUT2D eigenvalue weighted by Crippen LogP contribution is 2.68. The van der Waals surface area contributed by atoms with E-state index in [0.717, 1.165) is 26.8 Å². The van der Waals surface area contributed by atoms with Crippen molar-refractivity contribution in [1.82, 2.24) is 9.88 Å². The van der Waals surface area contributed by atoms with Gasteiger partial charge in [-0.25, -0.2) is 0 Å². The molecule has 1 saturated heterocycles. The van der Waals surface area contributed by atoms with Crippen LogP contribution in [-0.4, -0.2) is 56.8 Å². The highest BCUT2D eigenvalue weighted by Gasteiger charge is 2.69. The number of carbonyl (C=O) groups is 3. The minimum absolute atomic E-state index is 0.00499. The molecular weight excluding hydrogens is 484 g/mol. The molecule has 0 radical (unpaired) electrons. The van der Waals surface area contributed by atoms with Gasteiger partial charge in [-0.2, -0.15) is 0 Å². The largest absolute Gasteiger partial charge is 0.504 e. The molecule has 2 aliphatic carbocycles. The number of thioether (sulfide) groups is 1. The van der Waals surface area contributed by atoms with Crippen molar-refractivity contribution in [3.63, 3.8) is 0 Å². The highest BCUT2D eigenvalue weighted by molar-refractivity contribution is 8.00. The Morgan fingerprint density at radius 2 is 2.00 bits per heavy atom. The molecule has 2 amide bonds. The zero-order valence-electron chi connectivity index (χ0n) is 17.4. The Bertz CT molecular complexity index is 1270. The third kappa shape index (κ3) is 2.88. The monoisotopic (exact) mass is 504 g/mol. The number of fused-ring (bicyclic) bond motifs is 9. The Labute approximate surface area is 201 Å². The van der Waals surface area contributed by atoms with Gasteiger partial charge in [-0.05, 0) is 54.1 Å². The number of phenolic OH excluding ortho intramolecular Hbond substituents is 1. The second-order valence-electron chi connectivity index (χ2n) is 9.05. The number of methoxy groups -OCH3 is 1. The fourth-order valence-corrected chi connectivity index (χ4v) is 9.98. The average molecular weight is 505 g/mol. The molecule has 8 nitrogen and oxygen atoms in total. The summed E-state index contributed by atoms with van der Waals surface area (Å²) in [6.07, 6.45) is 0.768. The minimum Gasteiger partial charge on any atom is -0.504 e. The molecule has 7 atom stereocenters. The van der Waals surface area contributed by atoms with E-state index in [2.05, 4.69) is 4.98 Å². The van der Waals surface area contributed by atoms with Crippen LogP contribution < -0.4 is 4.74 Å².